The fourth-order valence-electron chi connectivity index (χ4n) is 2.93. The van der Waals surface area contributed by atoms with E-state index in [2.05, 4.69) is 27.6 Å². The molecular weight excluding hydrogens is 307 g/mol. The van der Waals surface area contributed by atoms with Crippen LogP contribution in [-0.4, -0.2) is 57.2 Å². The van der Waals surface area contributed by atoms with Gasteiger partial charge < -0.3 is 20.3 Å². The molecule has 2 rings (SSSR count). The summed E-state index contributed by atoms with van der Waals surface area (Å²) in [7, 11) is 3.95. The molecule has 0 aliphatic carbocycles. The van der Waals surface area contributed by atoms with Crippen LogP contribution in [0, 0.1) is 11.7 Å². The molecule has 1 aromatic carbocycles. The van der Waals surface area contributed by atoms with Crippen molar-refractivity contribution < 1.29 is 9.13 Å². The van der Waals surface area contributed by atoms with Gasteiger partial charge in [0.1, 0.15) is 17.7 Å². The molecule has 0 spiro atoms. The van der Waals surface area contributed by atoms with Crippen molar-refractivity contribution in [3.8, 4) is 5.75 Å². The van der Waals surface area contributed by atoms with E-state index in [0.717, 1.165) is 19.0 Å². The normalized spacial score (nSPS) is 20.5. The van der Waals surface area contributed by atoms with E-state index >= 15 is 0 Å². The fraction of sp³-hybridized carbons (Fsp3) is 0.611. The summed E-state index contributed by atoms with van der Waals surface area (Å²) >= 11 is 0. The highest BCUT2D eigenvalue weighted by atomic mass is 19.1. The monoisotopic (exact) mass is 336 g/mol. The van der Waals surface area contributed by atoms with Gasteiger partial charge in [0.25, 0.3) is 0 Å². The van der Waals surface area contributed by atoms with Crippen LogP contribution >= 0.6 is 0 Å². The molecule has 1 aliphatic heterocycles. The van der Waals surface area contributed by atoms with Crippen molar-refractivity contribution >= 4 is 5.96 Å². The maximum atomic E-state index is 12.9. The molecule has 2 N–H and O–H groups in total. The number of hydrogen-bond donors (Lipinski definition) is 2. The number of hydrogen-bond acceptors (Lipinski definition) is 3. The van der Waals surface area contributed by atoms with Gasteiger partial charge in [-0.2, -0.15) is 0 Å². The van der Waals surface area contributed by atoms with Crippen molar-refractivity contribution in [2.75, 3.05) is 40.3 Å². The average molecular weight is 336 g/mol. The van der Waals surface area contributed by atoms with Crippen molar-refractivity contribution in [2.24, 2.45) is 10.9 Å². The number of rotatable bonds is 6. The molecule has 2 unspecified atom stereocenters. The number of aliphatic imine (C=N–C) groups is 1. The van der Waals surface area contributed by atoms with Crippen LogP contribution in [0.15, 0.2) is 29.3 Å². The van der Waals surface area contributed by atoms with Gasteiger partial charge in [-0.1, -0.05) is 0 Å². The van der Waals surface area contributed by atoms with Gasteiger partial charge in [-0.3, -0.25) is 4.99 Å². The fourth-order valence-corrected chi connectivity index (χ4v) is 2.93. The minimum Gasteiger partial charge on any atom is -0.489 e. The summed E-state index contributed by atoms with van der Waals surface area (Å²) < 4.78 is 18.6. The summed E-state index contributed by atoms with van der Waals surface area (Å²) in [5.41, 5.74) is 0. The summed E-state index contributed by atoms with van der Waals surface area (Å²) in [5, 5.41) is 6.67. The van der Waals surface area contributed by atoms with Crippen molar-refractivity contribution in [3.63, 3.8) is 0 Å². The SMILES string of the molecule is CN=C(NCC1CCCN(C)C1)NCC(C)Oc1ccc(F)cc1. The van der Waals surface area contributed by atoms with Crippen LogP contribution in [-0.2, 0) is 0 Å². The molecule has 6 heteroatoms. The molecule has 24 heavy (non-hydrogen) atoms. The smallest absolute Gasteiger partial charge is 0.191 e. The number of nitrogens with zero attached hydrogens (tertiary/aromatic N) is 2. The van der Waals surface area contributed by atoms with Crippen LogP contribution in [0.3, 0.4) is 0 Å². The Morgan fingerprint density at radius 3 is 2.79 bits per heavy atom. The summed E-state index contributed by atoms with van der Waals surface area (Å²) in [6.07, 6.45) is 2.48. The molecule has 0 aromatic heterocycles. The first-order chi connectivity index (χ1) is 11.6. The molecule has 5 nitrogen and oxygen atoms in total. The highest BCUT2D eigenvalue weighted by Crippen LogP contribution is 2.14. The Labute approximate surface area is 144 Å². The van der Waals surface area contributed by atoms with E-state index in [1.807, 2.05) is 6.92 Å². The van der Waals surface area contributed by atoms with Gasteiger partial charge in [0.05, 0.1) is 6.54 Å². The number of ether oxygens (including phenoxy) is 1. The van der Waals surface area contributed by atoms with Crippen LogP contribution < -0.4 is 15.4 Å². The molecule has 0 amide bonds. The standard InChI is InChI=1S/C18H29FN4O/c1-14(24-17-8-6-16(19)7-9-17)11-21-18(20-2)22-12-15-5-4-10-23(3)13-15/h6-9,14-15H,4-5,10-13H2,1-3H3,(H2,20,21,22). The van der Waals surface area contributed by atoms with Crippen molar-refractivity contribution in [2.45, 2.75) is 25.9 Å². The molecule has 1 heterocycles. The number of benzene rings is 1. The number of nitrogens with one attached hydrogen (secondary N) is 2. The van der Waals surface area contributed by atoms with E-state index in [1.54, 1.807) is 19.2 Å². The second-order valence-electron chi connectivity index (χ2n) is 6.49. The third-order valence-electron chi connectivity index (χ3n) is 4.21. The van der Waals surface area contributed by atoms with E-state index in [1.165, 1.54) is 31.5 Å². The summed E-state index contributed by atoms with van der Waals surface area (Å²) in [5.74, 6) is 1.86. The molecule has 2 atom stereocenters. The molecule has 1 aromatic rings. The zero-order chi connectivity index (χ0) is 17.4. The third kappa shape index (κ3) is 6.35. The van der Waals surface area contributed by atoms with Gasteiger partial charge in [-0.15, -0.1) is 0 Å². The van der Waals surface area contributed by atoms with Gasteiger partial charge in [-0.25, -0.2) is 4.39 Å². The van der Waals surface area contributed by atoms with Gasteiger partial charge in [0.15, 0.2) is 5.96 Å². The van der Waals surface area contributed by atoms with Gasteiger partial charge in [0.2, 0.25) is 0 Å². The van der Waals surface area contributed by atoms with Crippen LogP contribution in [0.1, 0.15) is 19.8 Å². The Kier molecular flexibility index (Phi) is 7.31. The first kappa shape index (κ1) is 18.5. The van der Waals surface area contributed by atoms with E-state index in [4.69, 9.17) is 4.74 Å². The first-order valence-corrected chi connectivity index (χ1v) is 8.62. The largest absolute Gasteiger partial charge is 0.489 e. The summed E-state index contributed by atoms with van der Waals surface area (Å²) in [4.78, 5) is 6.64. The topological polar surface area (TPSA) is 48.9 Å². The highest BCUT2D eigenvalue weighted by molar-refractivity contribution is 5.79. The Bertz CT molecular complexity index is 520. The average Bonchev–Trinajstić information content (AvgIpc) is 2.57. The van der Waals surface area contributed by atoms with Crippen molar-refractivity contribution in [1.82, 2.24) is 15.5 Å². The zero-order valence-electron chi connectivity index (χ0n) is 14.9. The second kappa shape index (κ2) is 9.47. The lowest BCUT2D eigenvalue weighted by Gasteiger charge is -2.30. The van der Waals surface area contributed by atoms with Crippen LogP contribution in [0.4, 0.5) is 4.39 Å². The number of halogens is 1. The van der Waals surface area contributed by atoms with E-state index in [0.29, 0.717) is 18.2 Å². The highest BCUT2D eigenvalue weighted by Gasteiger charge is 2.17. The summed E-state index contributed by atoms with van der Waals surface area (Å²) in [6, 6.07) is 6.07. The van der Waals surface area contributed by atoms with E-state index < -0.39 is 0 Å². The Morgan fingerprint density at radius 1 is 1.38 bits per heavy atom. The molecule has 0 bridgehead atoms. The maximum absolute atomic E-state index is 12.9. The van der Waals surface area contributed by atoms with Crippen molar-refractivity contribution in [3.05, 3.63) is 30.1 Å². The number of piperidine rings is 1. The predicted octanol–water partition coefficient (Wildman–Crippen LogP) is 2.10. The lowest BCUT2D eigenvalue weighted by molar-refractivity contribution is 0.209. The number of guanidine groups is 1. The second-order valence-corrected chi connectivity index (χ2v) is 6.49. The third-order valence-corrected chi connectivity index (χ3v) is 4.21. The van der Waals surface area contributed by atoms with Crippen LogP contribution in [0.25, 0.3) is 0 Å². The number of likely N-dealkylation sites (tertiary alicyclic amines) is 1. The van der Waals surface area contributed by atoms with Crippen LogP contribution in [0.5, 0.6) is 5.75 Å². The van der Waals surface area contributed by atoms with E-state index in [9.17, 15) is 4.39 Å². The molecule has 1 saturated heterocycles. The van der Waals surface area contributed by atoms with Gasteiger partial charge in [-0.05, 0) is 63.5 Å². The van der Waals surface area contributed by atoms with Crippen molar-refractivity contribution in [1.29, 1.82) is 0 Å². The predicted molar refractivity (Wildman–Crippen MR) is 96.1 cm³/mol. The maximum Gasteiger partial charge on any atom is 0.191 e. The Hall–Kier alpha value is -1.82. The van der Waals surface area contributed by atoms with E-state index in [-0.39, 0.29) is 11.9 Å². The molecule has 0 saturated carbocycles. The first-order valence-electron chi connectivity index (χ1n) is 8.62. The molecule has 0 radical (unpaired) electrons. The molecule has 134 valence electrons. The van der Waals surface area contributed by atoms with Crippen LogP contribution in [0.2, 0.25) is 0 Å². The molecule has 1 aliphatic rings. The lowest BCUT2D eigenvalue weighted by Crippen LogP contribution is -2.45. The van der Waals surface area contributed by atoms with Gasteiger partial charge in [0, 0.05) is 20.1 Å². The molecular formula is C18H29FN4O. The quantitative estimate of drug-likeness (QED) is 0.617. The summed E-state index contributed by atoms with van der Waals surface area (Å²) in [6.45, 7) is 5.86. The minimum atomic E-state index is -0.258. The zero-order valence-corrected chi connectivity index (χ0v) is 14.9. The Morgan fingerprint density at radius 2 is 2.12 bits per heavy atom. The molecule has 1 fully saturated rings. The Balaban J connectivity index is 1.69. The minimum absolute atomic E-state index is 0.0465. The lowest BCUT2D eigenvalue weighted by atomic mass is 9.99. The van der Waals surface area contributed by atoms with Gasteiger partial charge >= 0.3 is 0 Å².